The first-order chi connectivity index (χ1) is 14.3. The molecule has 0 aliphatic rings. The van der Waals surface area contributed by atoms with Gasteiger partial charge in [0, 0.05) is 17.6 Å². The van der Waals surface area contributed by atoms with E-state index in [1.54, 1.807) is 41.2 Å². The lowest BCUT2D eigenvalue weighted by atomic mass is 10.1. The summed E-state index contributed by atoms with van der Waals surface area (Å²) in [4.78, 5) is 36.0. The van der Waals surface area contributed by atoms with Gasteiger partial charge in [0.2, 0.25) is 0 Å². The van der Waals surface area contributed by atoms with E-state index in [4.69, 9.17) is 4.74 Å². The van der Waals surface area contributed by atoms with Crippen LogP contribution in [0.1, 0.15) is 27.2 Å². The van der Waals surface area contributed by atoms with Crippen LogP contribution in [0.15, 0.2) is 54.7 Å². The number of esters is 1. The molecule has 3 aromatic rings. The van der Waals surface area contributed by atoms with E-state index >= 15 is 0 Å². The van der Waals surface area contributed by atoms with Crippen molar-refractivity contribution < 1.29 is 19.1 Å². The first kappa shape index (κ1) is 20.8. The molecule has 0 spiro atoms. The van der Waals surface area contributed by atoms with Crippen molar-refractivity contribution in [2.45, 2.75) is 20.8 Å². The van der Waals surface area contributed by atoms with Crippen LogP contribution >= 0.6 is 0 Å². The van der Waals surface area contributed by atoms with Crippen molar-refractivity contribution in [2.75, 3.05) is 11.9 Å². The highest BCUT2D eigenvalue weighted by Gasteiger charge is 2.13. The second kappa shape index (κ2) is 9.04. The molecule has 8 heteroatoms. The summed E-state index contributed by atoms with van der Waals surface area (Å²) in [7, 11) is 0. The molecule has 0 aliphatic carbocycles. The zero-order chi connectivity index (χ0) is 21.7. The fourth-order valence-electron chi connectivity index (χ4n) is 2.86. The summed E-state index contributed by atoms with van der Waals surface area (Å²) in [5.41, 5.74) is 4.58. The number of nitrogens with zero attached hydrogens (tertiary/aromatic N) is 2. The largest absolute Gasteiger partial charge is 0.452 e. The number of hydrogen-bond donors (Lipinski definition) is 2. The van der Waals surface area contributed by atoms with Crippen LogP contribution < -0.4 is 10.6 Å². The van der Waals surface area contributed by atoms with Gasteiger partial charge in [0.25, 0.3) is 5.91 Å². The second-order valence-electron chi connectivity index (χ2n) is 6.83. The number of rotatable bonds is 5. The number of anilines is 1. The van der Waals surface area contributed by atoms with Crippen molar-refractivity contribution in [2.24, 2.45) is 0 Å². The first-order valence-electron chi connectivity index (χ1n) is 9.30. The second-order valence-corrected chi connectivity index (χ2v) is 6.83. The Kier molecular flexibility index (Phi) is 6.26. The Balaban J connectivity index is 1.50. The lowest BCUT2D eigenvalue weighted by Crippen LogP contribution is -2.37. The Labute approximate surface area is 173 Å². The third-order valence-corrected chi connectivity index (χ3v) is 4.40. The molecule has 1 heterocycles. The highest BCUT2D eigenvalue weighted by atomic mass is 16.5. The van der Waals surface area contributed by atoms with Gasteiger partial charge in [-0.25, -0.2) is 14.3 Å². The zero-order valence-corrected chi connectivity index (χ0v) is 16.9. The predicted octanol–water partition coefficient (Wildman–Crippen LogP) is 3.30. The van der Waals surface area contributed by atoms with E-state index < -0.39 is 24.5 Å². The quantitative estimate of drug-likeness (QED) is 0.633. The normalized spacial score (nSPS) is 10.4. The maximum atomic E-state index is 12.1. The van der Waals surface area contributed by atoms with E-state index in [9.17, 15) is 14.4 Å². The SMILES string of the molecule is Cc1ccc(NC(=O)NC(=O)COC(=O)c2ccc(-n3nccc3C)cc2)c(C)c1. The third kappa shape index (κ3) is 5.11. The fraction of sp³-hybridized carbons (Fsp3) is 0.182. The van der Waals surface area contributed by atoms with Gasteiger partial charge >= 0.3 is 12.0 Å². The Morgan fingerprint density at radius 1 is 1.00 bits per heavy atom. The van der Waals surface area contributed by atoms with Crippen LogP contribution in [-0.4, -0.2) is 34.3 Å². The van der Waals surface area contributed by atoms with Crippen molar-refractivity contribution in [1.82, 2.24) is 15.1 Å². The first-order valence-corrected chi connectivity index (χ1v) is 9.30. The predicted molar refractivity (Wildman–Crippen MR) is 112 cm³/mol. The van der Waals surface area contributed by atoms with E-state index in [-0.39, 0.29) is 5.56 Å². The number of nitrogens with one attached hydrogen (secondary N) is 2. The van der Waals surface area contributed by atoms with Crippen LogP contribution in [0.25, 0.3) is 5.69 Å². The summed E-state index contributed by atoms with van der Waals surface area (Å²) in [6.07, 6.45) is 1.69. The molecule has 30 heavy (non-hydrogen) atoms. The van der Waals surface area contributed by atoms with Crippen molar-refractivity contribution in [3.8, 4) is 5.69 Å². The molecule has 0 saturated heterocycles. The summed E-state index contributed by atoms with van der Waals surface area (Å²) >= 11 is 0. The molecule has 3 amide bonds. The molecule has 3 rings (SSSR count). The smallest absolute Gasteiger partial charge is 0.338 e. The summed E-state index contributed by atoms with van der Waals surface area (Å²) < 4.78 is 6.71. The summed E-state index contributed by atoms with van der Waals surface area (Å²) in [6, 6.07) is 13.3. The average Bonchev–Trinajstić information content (AvgIpc) is 3.14. The number of imide groups is 1. The number of aromatic nitrogens is 2. The van der Waals surface area contributed by atoms with Gasteiger partial charge in [0.1, 0.15) is 0 Å². The van der Waals surface area contributed by atoms with Gasteiger partial charge in [0.15, 0.2) is 6.61 Å². The number of benzene rings is 2. The topological polar surface area (TPSA) is 102 Å². The molecule has 1 aromatic heterocycles. The molecule has 0 saturated carbocycles. The number of urea groups is 1. The number of carbonyl (C=O) groups is 3. The lowest BCUT2D eigenvalue weighted by Gasteiger charge is -2.10. The van der Waals surface area contributed by atoms with E-state index in [0.29, 0.717) is 5.69 Å². The minimum absolute atomic E-state index is 0.288. The number of carbonyl (C=O) groups excluding carboxylic acids is 3. The number of amides is 3. The molecular weight excluding hydrogens is 384 g/mol. The molecule has 154 valence electrons. The summed E-state index contributed by atoms with van der Waals surface area (Å²) in [5.74, 6) is -1.39. The van der Waals surface area contributed by atoms with Crippen LogP contribution in [0.4, 0.5) is 10.5 Å². The molecule has 2 N–H and O–H groups in total. The van der Waals surface area contributed by atoms with Crippen molar-refractivity contribution in [1.29, 1.82) is 0 Å². The van der Waals surface area contributed by atoms with E-state index in [0.717, 1.165) is 22.5 Å². The molecule has 0 aliphatic heterocycles. The molecular formula is C22H22N4O4. The standard InChI is InChI=1S/C22H22N4O4/c1-14-4-9-19(15(2)12-14)24-22(29)25-20(27)13-30-21(28)17-5-7-18(8-6-17)26-16(3)10-11-23-26/h4-12H,13H2,1-3H3,(H2,24,25,27,29). The number of ether oxygens (including phenoxy) is 1. The maximum absolute atomic E-state index is 12.1. The van der Waals surface area contributed by atoms with Crippen LogP contribution in [-0.2, 0) is 9.53 Å². The molecule has 0 unspecified atom stereocenters. The van der Waals surface area contributed by atoms with Gasteiger partial charge in [-0.05, 0) is 62.7 Å². The molecule has 0 fully saturated rings. The lowest BCUT2D eigenvalue weighted by molar-refractivity contribution is -0.123. The summed E-state index contributed by atoms with van der Waals surface area (Å²) in [5, 5.41) is 8.92. The van der Waals surface area contributed by atoms with Crippen LogP contribution in [0.5, 0.6) is 0 Å². The molecule has 8 nitrogen and oxygen atoms in total. The molecule has 0 bridgehead atoms. The molecule has 2 aromatic carbocycles. The van der Waals surface area contributed by atoms with E-state index in [1.165, 1.54) is 0 Å². The van der Waals surface area contributed by atoms with Gasteiger partial charge in [-0.3, -0.25) is 10.1 Å². The summed E-state index contributed by atoms with van der Waals surface area (Å²) in [6.45, 7) is 5.15. The Morgan fingerprint density at radius 2 is 1.73 bits per heavy atom. The maximum Gasteiger partial charge on any atom is 0.338 e. The van der Waals surface area contributed by atoms with Crippen molar-refractivity contribution in [3.63, 3.8) is 0 Å². The van der Waals surface area contributed by atoms with E-state index in [1.807, 2.05) is 39.0 Å². The molecule has 0 radical (unpaired) electrons. The average molecular weight is 406 g/mol. The Morgan fingerprint density at radius 3 is 2.37 bits per heavy atom. The van der Waals surface area contributed by atoms with Crippen LogP contribution in [0.3, 0.4) is 0 Å². The Hall–Kier alpha value is -3.94. The number of hydrogen-bond acceptors (Lipinski definition) is 5. The monoisotopic (exact) mass is 406 g/mol. The molecule has 0 atom stereocenters. The number of aryl methyl sites for hydroxylation is 3. The van der Waals surface area contributed by atoms with Crippen LogP contribution in [0.2, 0.25) is 0 Å². The van der Waals surface area contributed by atoms with Gasteiger partial charge < -0.3 is 10.1 Å². The minimum Gasteiger partial charge on any atom is -0.452 e. The van der Waals surface area contributed by atoms with Crippen molar-refractivity contribution in [3.05, 3.63) is 77.1 Å². The highest BCUT2D eigenvalue weighted by Crippen LogP contribution is 2.15. The van der Waals surface area contributed by atoms with E-state index in [2.05, 4.69) is 15.7 Å². The van der Waals surface area contributed by atoms with Gasteiger partial charge in [-0.2, -0.15) is 5.10 Å². The van der Waals surface area contributed by atoms with Crippen molar-refractivity contribution >= 4 is 23.6 Å². The third-order valence-electron chi connectivity index (χ3n) is 4.40. The van der Waals surface area contributed by atoms with Crippen LogP contribution in [0, 0.1) is 20.8 Å². The fourth-order valence-corrected chi connectivity index (χ4v) is 2.86. The van der Waals surface area contributed by atoms with Gasteiger partial charge in [-0.1, -0.05) is 17.7 Å². The highest BCUT2D eigenvalue weighted by molar-refractivity contribution is 6.02. The van der Waals surface area contributed by atoms with Gasteiger partial charge in [-0.15, -0.1) is 0 Å². The zero-order valence-electron chi connectivity index (χ0n) is 16.9. The minimum atomic E-state index is -0.727. The Bertz CT molecular complexity index is 1090. The van der Waals surface area contributed by atoms with Gasteiger partial charge in [0.05, 0.1) is 11.3 Å².